The van der Waals surface area contributed by atoms with E-state index in [0.29, 0.717) is 22.5 Å². The highest BCUT2D eigenvalue weighted by Crippen LogP contribution is 2.45. The Hall–Kier alpha value is -2.90. The fourth-order valence-corrected chi connectivity index (χ4v) is 3.96. The fourth-order valence-electron chi connectivity index (χ4n) is 3.96. The molecule has 2 aromatic heterocycles. The van der Waals surface area contributed by atoms with Crippen LogP contribution in [-0.4, -0.2) is 14.5 Å². The van der Waals surface area contributed by atoms with Gasteiger partial charge in [-0.05, 0) is 33.1 Å². The van der Waals surface area contributed by atoms with Crippen molar-refractivity contribution in [3.63, 3.8) is 0 Å². The summed E-state index contributed by atoms with van der Waals surface area (Å²) >= 11 is 0. The molecule has 0 bridgehead atoms. The second-order valence-corrected chi connectivity index (χ2v) is 7.90. The molecule has 4 rings (SSSR count). The normalized spacial score (nSPS) is 16.1. The zero-order chi connectivity index (χ0) is 21.6. The quantitative estimate of drug-likeness (QED) is 0.596. The van der Waals surface area contributed by atoms with E-state index in [1.807, 2.05) is 0 Å². The SMILES string of the molecule is CCC1(n2cc3c(N[C@H](C)c4cccc(C(F)F)c4F)nc(C)nc3cc2=O)CC1. The molecule has 3 aromatic rings. The molecule has 1 aromatic carbocycles. The molecular weight excluding hydrogens is 393 g/mol. The first kappa shape index (κ1) is 20.4. The molecule has 1 aliphatic rings. The monoisotopic (exact) mass is 416 g/mol. The van der Waals surface area contributed by atoms with Crippen molar-refractivity contribution in [3.05, 3.63) is 63.6 Å². The lowest BCUT2D eigenvalue weighted by Crippen LogP contribution is -2.29. The zero-order valence-electron chi connectivity index (χ0n) is 17.0. The predicted molar refractivity (Wildman–Crippen MR) is 109 cm³/mol. The van der Waals surface area contributed by atoms with E-state index in [0.717, 1.165) is 25.3 Å². The Labute approximate surface area is 172 Å². The largest absolute Gasteiger partial charge is 0.363 e. The average Bonchev–Trinajstić information content (AvgIpc) is 3.48. The van der Waals surface area contributed by atoms with Gasteiger partial charge >= 0.3 is 0 Å². The molecule has 1 aliphatic carbocycles. The summed E-state index contributed by atoms with van der Waals surface area (Å²) in [7, 11) is 0. The fraction of sp³-hybridized carbons (Fsp3) is 0.409. The molecular formula is C22H23F3N4O. The smallest absolute Gasteiger partial charge is 0.266 e. The van der Waals surface area contributed by atoms with Crippen LogP contribution in [0.15, 0.2) is 35.3 Å². The summed E-state index contributed by atoms with van der Waals surface area (Å²) in [5.74, 6) is -0.0392. The number of anilines is 1. The van der Waals surface area contributed by atoms with E-state index in [9.17, 15) is 18.0 Å². The van der Waals surface area contributed by atoms with Gasteiger partial charge in [0.25, 0.3) is 12.0 Å². The Morgan fingerprint density at radius 1 is 1.23 bits per heavy atom. The van der Waals surface area contributed by atoms with E-state index >= 15 is 0 Å². The minimum Gasteiger partial charge on any atom is -0.363 e. The first-order chi connectivity index (χ1) is 14.3. The number of aryl methyl sites for hydroxylation is 1. The van der Waals surface area contributed by atoms with Gasteiger partial charge in [0.1, 0.15) is 17.5 Å². The number of hydrogen-bond acceptors (Lipinski definition) is 4. The molecule has 0 amide bonds. The van der Waals surface area contributed by atoms with E-state index in [1.165, 1.54) is 18.2 Å². The van der Waals surface area contributed by atoms with Crippen molar-refractivity contribution in [3.8, 4) is 0 Å². The van der Waals surface area contributed by atoms with Crippen molar-refractivity contribution in [2.75, 3.05) is 5.32 Å². The number of nitrogens with zero attached hydrogens (tertiary/aromatic N) is 3. The predicted octanol–water partition coefficient (Wildman–Crippen LogP) is 5.25. The summed E-state index contributed by atoms with van der Waals surface area (Å²) in [6.45, 7) is 5.43. The molecule has 0 aliphatic heterocycles. The second-order valence-electron chi connectivity index (χ2n) is 7.90. The number of benzene rings is 1. The summed E-state index contributed by atoms with van der Waals surface area (Å²) in [5.41, 5.74) is -0.298. The number of halogens is 3. The lowest BCUT2D eigenvalue weighted by Gasteiger charge is -2.21. The second kappa shape index (κ2) is 7.41. The standard InChI is InChI=1S/C22H23F3N4O/c1-4-22(8-9-22)29-11-16-17(10-18(29)30)27-13(3)28-21(16)26-12(2)14-6-5-7-15(19(14)23)20(24)25/h5-7,10-12,20H,4,8-9H2,1-3H3,(H,26,27,28)/t12-/m1/s1. The van der Waals surface area contributed by atoms with Gasteiger partial charge in [-0.3, -0.25) is 4.79 Å². The number of aromatic nitrogens is 3. The van der Waals surface area contributed by atoms with Crippen LogP contribution in [0.2, 0.25) is 0 Å². The Morgan fingerprint density at radius 3 is 2.57 bits per heavy atom. The van der Waals surface area contributed by atoms with Crippen molar-refractivity contribution in [1.29, 1.82) is 0 Å². The Balaban J connectivity index is 1.78. The molecule has 2 heterocycles. The molecule has 1 fully saturated rings. The molecule has 5 nitrogen and oxygen atoms in total. The lowest BCUT2D eigenvalue weighted by atomic mass is 10.0. The van der Waals surface area contributed by atoms with Crippen molar-refractivity contribution >= 4 is 16.7 Å². The minimum atomic E-state index is -2.89. The summed E-state index contributed by atoms with van der Waals surface area (Å²) < 4.78 is 42.5. The summed E-state index contributed by atoms with van der Waals surface area (Å²) in [5, 5.41) is 3.77. The van der Waals surface area contributed by atoms with E-state index in [4.69, 9.17) is 0 Å². The van der Waals surface area contributed by atoms with Crippen molar-refractivity contribution in [2.45, 2.75) is 58.0 Å². The maximum Gasteiger partial charge on any atom is 0.266 e. The molecule has 158 valence electrons. The van der Waals surface area contributed by atoms with Gasteiger partial charge in [0.2, 0.25) is 0 Å². The maximum absolute atomic E-state index is 14.6. The van der Waals surface area contributed by atoms with E-state index in [1.54, 1.807) is 24.6 Å². The molecule has 1 saturated carbocycles. The highest BCUT2D eigenvalue weighted by Gasteiger charge is 2.43. The topological polar surface area (TPSA) is 59.8 Å². The van der Waals surface area contributed by atoms with Crippen molar-refractivity contribution in [2.24, 2.45) is 0 Å². The summed E-state index contributed by atoms with van der Waals surface area (Å²) in [6, 6.07) is 4.84. The Kier molecular flexibility index (Phi) is 5.03. The minimum absolute atomic E-state index is 0.116. The first-order valence-corrected chi connectivity index (χ1v) is 10.0. The van der Waals surface area contributed by atoms with Crippen molar-refractivity contribution < 1.29 is 13.2 Å². The van der Waals surface area contributed by atoms with Crippen LogP contribution >= 0.6 is 0 Å². The van der Waals surface area contributed by atoms with Crippen LogP contribution in [0.5, 0.6) is 0 Å². The van der Waals surface area contributed by atoms with Gasteiger partial charge in [-0.1, -0.05) is 25.1 Å². The van der Waals surface area contributed by atoms with Gasteiger partial charge in [0.15, 0.2) is 0 Å². The molecule has 30 heavy (non-hydrogen) atoms. The van der Waals surface area contributed by atoms with Crippen LogP contribution < -0.4 is 10.9 Å². The molecule has 1 N–H and O–H groups in total. The van der Waals surface area contributed by atoms with Gasteiger partial charge in [0, 0.05) is 23.4 Å². The molecule has 0 unspecified atom stereocenters. The lowest BCUT2D eigenvalue weighted by molar-refractivity contribution is 0.146. The van der Waals surface area contributed by atoms with E-state index in [2.05, 4.69) is 22.2 Å². The zero-order valence-corrected chi connectivity index (χ0v) is 17.0. The van der Waals surface area contributed by atoms with Gasteiger partial charge in [-0.15, -0.1) is 0 Å². The maximum atomic E-state index is 14.6. The highest BCUT2D eigenvalue weighted by molar-refractivity contribution is 5.88. The van der Waals surface area contributed by atoms with Crippen LogP contribution in [0.3, 0.4) is 0 Å². The number of pyridine rings is 1. The number of alkyl halides is 2. The van der Waals surface area contributed by atoms with Gasteiger partial charge in [-0.25, -0.2) is 23.1 Å². The number of hydrogen-bond donors (Lipinski definition) is 1. The van der Waals surface area contributed by atoms with Crippen LogP contribution in [-0.2, 0) is 5.54 Å². The van der Waals surface area contributed by atoms with E-state index < -0.39 is 23.8 Å². The number of rotatable bonds is 6. The third-order valence-electron chi connectivity index (χ3n) is 5.95. The molecule has 0 spiro atoms. The third kappa shape index (κ3) is 3.44. The average molecular weight is 416 g/mol. The molecule has 0 radical (unpaired) electrons. The van der Waals surface area contributed by atoms with Gasteiger partial charge < -0.3 is 9.88 Å². The van der Waals surface area contributed by atoms with Gasteiger partial charge in [0.05, 0.1) is 22.5 Å². The third-order valence-corrected chi connectivity index (χ3v) is 5.95. The summed E-state index contributed by atoms with van der Waals surface area (Å²) in [4.78, 5) is 21.5. The summed E-state index contributed by atoms with van der Waals surface area (Å²) in [6.07, 6.45) is 1.58. The number of nitrogens with one attached hydrogen (secondary N) is 1. The Morgan fingerprint density at radius 2 is 1.93 bits per heavy atom. The van der Waals surface area contributed by atoms with Crippen LogP contribution in [0, 0.1) is 12.7 Å². The Bertz CT molecular complexity index is 1170. The van der Waals surface area contributed by atoms with Crippen LogP contribution in [0.1, 0.15) is 62.5 Å². The molecule has 8 heteroatoms. The molecule has 1 atom stereocenters. The first-order valence-electron chi connectivity index (χ1n) is 10.0. The highest BCUT2D eigenvalue weighted by atomic mass is 19.3. The number of fused-ring (bicyclic) bond motifs is 1. The molecule has 0 saturated heterocycles. The van der Waals surface area contributed by atoms with E-state index in [-0.39, 0.29) is 16.7 Å². The van der Waals surface area contributed by atoms with Crippen molar-refractivity contribution in [1.82, 2.24) is 14.5 Å². The van der Waals surface area contributed by atoms with Crippen LogP contribution in [0.4, 0.5) is 19.0 Å². The van der Waals surface area contributed by atoms with Crippen LogP contribution in [0.25, 0.3) is 10.9 Å². The van der Waals surface area contributed by atoms with Gasteiger partial charge in [-0.2, -0.15) is 0 Å².